The molecule has 0 N–H and O–H groups in total. The number of rotatable bonds is 3. The smallest absolute Gasteiger partial charge is 0.289 e. The molecule has 2 rings (SSSR count). The van der Waals surface area contributed by atoms with Gasteiger partial charge in [0.25, 0.3) is 5.91 Å². The molecule has 1 heterocycles. The topological polar surface area (TPSA) is 43.6 Å². The SMILES string of the molecule is Cc1cccc(OC(C)C(=O)N=c2sccn2C)c1. The third-order valence-corrected chi connectivity index (χ3v) is 3.46. The van der Waals surface area contributed by atoms with E-state index < -0.39 is 6.10 Å². The third kappa shape index (κ3) is 3.54. The predicted octanol–water partition coefficient (Wildman–Crippen LogP) is 2.29. The van der Waals surface area contributed by atoms with E-state index in [1.807, 2.05) is 54.4 Å². The molecule has 0 radical (unpaired) electrons. The summed E-state index contributed by atoms with van der Waals surface area (Å²) in [6, 6.07) is 7.62. The fourth-order valence-corrected chi connectivity index (χ4v) is 2.30. The molecule has 1 aromatic heterocycles. The van der Waals surface area contributed by atoms with Crippen LogP contribution in [-0.2, 0) is 11.8 Å². The maximum atomic E-state index is 12.0. The number of thiazole rings is 1. The molecule has 0 spiro atoms. The van der Waals surface area contributed by atoms with Crippen LogP contribution < -0.4 is 9.54 Å². The van der Waals surface area contributed by atoms with E-state index >= 15 is 0 Å². The van der Waals surface area contributed by atoms with E-state index in [4.69, 9.17) is 4.74 Å². The number of aryl methyl sites for hydroxylation is 2. The third-order valence-electron chi connectivity index (χ3n) is 2.62. The quantitative estimate of drug-likeness (QED) is 0.863. The number of ether oxygens (including phenoxy) is 1. The maximum absolute atomic E-state index is 12.0. The Hall–Kier alpha value is -1.88. The zero-order valence-electron chi connectivity index (χ0n) is 11.2. The number of hydrogen-bond donors (Lipinski definition) is 0. The summed E-state index contributed by atoms with van der Waals surface area (Å²) in [7, 11) is 1.86. The Bertz CT molecular complexity index is 643. The van der Waals surface area contributed by atoms with Gasteiger partial charge in [0.1, 0.15) is 5.75 Å². The lowest BCUT2D eigenvalue weighted by molar-refractivity contribution is -0.124. The summed E-state index contributed by atoms with van der Waals surface area (Å²) < 4.78 is 7.41. The van der Waals surface area contributed by atoms with Crippen LogP contribution in [0.4, 0.5) is 0 Å². The van der Waals surface area contributed by atoms with Crippen molar-refractivity contribution >= 4 is 17.2 Å². The van der Waals surface area contributed by atoms with Gasteiger partial charge in [-0.25, -0.2) is 0 Å². The lowest BCUT2D eigenvalue weighted by atomic mass is 10.2. The standard InChI is InChI=1S/C14H16N2O2S/c1-10-5-4-6-12(9-10)18-11(2)13(17)15-14-16(3)7-8-19-14/h4-9,11H,1-3H3. The van der Waals surface area contributed by atoms with Crippen molar-refractivity contribution in [1.82, 2.24) is 4.57 Å². The first-order valence-corrected chi connectivity index (χ1v) is 6.86. The molecule has 2 aromatic rings. The lowest BCUT2D eigenvalue weighted by Crippen LogP contribution is -2.25. The van der Waals surface area contributed by atoms with Gasteiger partial charge in [-0.1, -0.05) is 12.1 Å². The van der Waals surface area contributed by atoms with Gasteiger partial charge in [0, 0.05) is 18.6 Å². The minimum Gasteiger partial charge on any atom is -0.481 e. The van der Waals surface area contributed by atoms with Gasteiger partial charge in [0.15, 0.2) is 10.9 Å². The number of carbonyl (C=O) groups excluding carboxylic acids is 1. The Kier molecular flexibility index (Phi) is 4.16. The van der Waals surface area contributed by atoms with Crippen molar-refractivity contribution in [1.29, 1.82) is 0 Å². The van der Waals surface area contributed by atoms with Crippen LogP contribution in [0.2, 0.25) is 0 Å². The minimum atomic E-state index is -0.594. The zero-order valence-corrected chi connectivity index (χ0v) is 12.0. The van der Waals surface area contributed by atoms with Crippen LogP contribution in [0.15, 0.2) is 40.8 Å². The van der Waals surface area contributed by atoms with Gasteiger partial charge in [-0.3, -0.25) is 4.79 Å². The average Bonchev–Trinajstić information content (AvgIpc) is 2.75. The van der Waals surface area contributed by atoms with Gasteiger partial charge in [-0.05, 0) is 31.5 Å². The zero-order chi connectivity index (χ0) is 13.8. The highest BCUT2D eigenvalue weighted by molar-refractivity contribution is 7.07. The molecule has 5 heteroatoms. The fourth-order valence-electron chi connectivity index (χ4n) is 1.56. The first-order chi connectivity index (χ1) is 9.06. The minimum absolute atomic E-state index is 0.278. The first-order valence-electron chi connectivity index (χ1n) is 5.98. The lowest BCUT2D eigenvalue weighted by Gasteiger charge is -2.11. The summed E-state index contributed by atoms with van der Waals surface area (Å²) in [6.45, 7) is 3.69. The summed E-state index contributed by atoms with van der Waals surface area (Å²) in [4.78, 5) is 16.7. The van der Waals surface area contributed by atoms with Gasteiger partial charge in [-0.15, -0.1) is 11.3 Å². The summed E-state index contributed by atoms with van der Waals surface area (Å²) in [6.07, 6.45) is 1.27. The fraction of sp³-hybridized carbons (Fsp3) is 0.286. The molecule has 4 nitrogen and oxygen atoms in total. The van der Waals surface area contributed by atoms with Gasteiger partial charge < -0.3 is 9.30 Å². The maximum Gasteiger partial charge on any atom is 0.289 e. The highest BCUT2D eigenvalue weighted by Gasteiger charge is 2.13. The van der Waals surface area contributed by atoms with Gasteiger partial charge in [0.05, 0.1) is 0 Å². The molecular weight excluding hydrogens is 260 g/mol. The molecule has 19 heavy (non-hydrogen) atoms. The van der Waals surface area contributed by atoms with Gasteiger partial charge >= 0.3 is 0 Å². The van der Waals surface area contributed by atoms with Crippen molar-refractivity contribution < 1.29 is 9.53 Å². The number of carbonyl (C=O) groups is 1. The van der Waals surface area contributed by atoms with Crippen molar-refractivity contribution in [2.45, 2.75) is 20.0 Å². The molecule has 0 saturated heterocycles. The Morgan fingerprint density at radius 3 is 2.89 bits per heavy atom. The van der Waals surface area contributed by atoms with Crippen LogP contribution in [-0.4, -0.2) is 16.6 Å². The summed E-state index contributed by atoms with van der Waals surface area (Å²) in [5, 5.41) is 1.89. The summed E-state index contributed by atoms with van der Waals surface area (Å²) in [5.74, 6) is 0.408. The number of aromatic nitrogens is 1. The molecule has 1 amide bonds. The Balaban J connectivity index is 2.11. The van der Waals surface area contributed by atoms with Crippen molar-refractivity contribution in [3.63, 3.8) is 0 Å². The second-order valence-electron chi connectivity index (χ2n) is 4.32. The normalized spacial score (nSPS) is 13.3. The van der Waals surface area contributed by atoms with E-state index in [0.29, 0.717) is 10.6 Å². The summed E-state index contributed by atoms with van der Waals surface area (Å²) in [5.41, 5.74) is 1.10. The summed E-state index contributed by atoms with van der Waals surface area (Å²) >= 11 is 1.42. The van der Waals surface area contributed by atoms with Gasteiger partial charge in [0.2, 0.25) is 0 Å². The highest BCUT2D eigenvalue weighted by atomic mass is 32.1. The van der Waals surface area contributed by atoms with Crippen LogP contribution in [0, 0.1) is 6.92 Å². The molecule has 1 aromatic carbocycles. The van der Waals surface area contributed by atoms with Crippen LogP contribution in [0.1, 0.15) is 12.5 Å². The van der Waals surface area contributed by atoms with Crippen molar-refractivity contribution in [3.05, 3.63) is 46.2 Å². The van der Waals surface area contributed by atoms with Crippen molar-refractivity contribution in [3.8, 4) is 5.75 Å². The van der Waals surface area contributed by atoms with Crippen LogP contribution >= 0.6 is 11.3 Å². The average molecular weight is 276 g/mol. The Morgan fingerprint density at radius 1 is 1.47 bits per heavy atom. The number of benzene rings is 1. The Labute approximate surface area is 116 Å². The van der Waals surface area contributed by atoms with E-state index in [-0.39, 0.29) is 5.91 Å². The molecule has 0 saturated carbocycles. The number of nitrogens with zero attached hydrogens (tertiary/aromatic N) is 2. The molecule has 0 bridgehead atoms. The second kappa shape index (κ2) is 5.84. The first kappa shape index (κ1) is 13.5. The Morgan fingerprint density at radius 2 is 2.26 bits per heavy atom. The van der Waals surface area contributed by atoms with E-state index in [2.05, 4.69) is 4.99 Å². The highest BCUT2D eigenvalue weighted by Crippen LogP contribution is 2.14. The predicted molar refractivity (Wildman–Crippen MR) is 75.1 cm³/mol. The molecule has 1 unspecified atom stereocenters. The van der Waals surface area contributed by atoms with Gasteiger partial charge in [-0.2, -0.15) is 4.99 Å². The second-order valence-corrected chi connectivity index (χ2v) is 5.20. The van der Waals surface area contributed by atoms with E-state index in [0.717, 1.165) is 5.56 Å². The molecule has 1 atom stereocenters. The van der Waals surface area contributed by atoms with E-state index in [1.165, 1.54) is 11.3 Å². The number of hydrogen-bond acceptors (Lipinski definition) is 3. The van der Waals surface area contributed by atoms with Crippen LogP contribution in [0.5, 0.6) is 5.75 Å². The monoisotopic (exact) mass is 276 g/mol. The number of amides is 1. The largest absolute Gasteiger partial charge is 0.481 e. The van der Waals surface area contributed by atoms with E-state index in [1.54, 1.807) is 6.92 Å². The van der Waals surface area contributed by atoms with Crippen LogP contribution in [0.3, 0.4) is 0 Å². The molecule has 0 aliphatic carbocycles. The molecule has 0 aliphatic rings. The molecule has 100 valence electrons. The van der Waals surface area contributed by atoms with Crippen molar-refractivity contribution in [2.75, 3.05) is 0 Å². The molecule has 0 aliphatic heterocycles. The van der Waals surface area contributed by atoms with Crippen molar-refractivity contribution in [2.24, 2.45) is 12.0 Å². The van der Waals surface area contributed by atoms with Crippen LogP contribution in [0.25, 0.3) is 0 Å². The molecular formula is C14H16N2O2S. The van der Waals surface area contributed by atoms with E-state index in [9.17, 15) is 4.79 Å². The molecule has 0 fully saturated rings.